The van der Waals surface area contributed by atoms with Crippen molar-refractivity contribution in [2.24, 2.45) is 0 Å². The van der Waals surface area contributed by atoms with Gasteiger partial charge in [-0.15, -0.1) is 0 Å². The first-order chi connectivity index (χ1) is 12.2. The van der Waals surface area contributed by atoms with Gasteiger partial charge in [0.2, 0.25) is 0 Å². The summed E-state index contributed by atoms with van der Waals surface area (Å²) in [6, 6.07) is 0. The molecule has 0 radical (unpaired) electrons. The molecule has 1 aliphatic carbocycles. The van der Waals surface area contributed by atoms with Gasteiger partial charge in [0, 0.05) is 0 Å². The molecule has 1 saturated carbocycles. The molecule has 5 unspecified atom stereocenters. The largest absolute Gasteiger partial charge is 0.470 e. The Hall–Kier alpha value is 0.360. The lowest BCUT2D eigenvalue weighted by atomic mass is 9.85. The second-order valence-electron chi connectivity index (χ2n) is 5.22. The maximum atomic E-state index is 11.1. The molecule has 0 bridgehead atoms. The molecule has 18 nitrogen and oxygen atoms in total. The van der Waals surface area contributed by atoms with E-state index in [-0.39, 0.29) is 0 Å². The number of hydrogen-bond acceptors (Lipinski definition) is 10. The average molecular weight is 500 g/mol. The van der Waals surface area contributed by atoms with E-state index in [1.807, 2.05) is 0 Å². The second-order valence-corrected chi connectivity index (χ2v) is 9.99. The summed E-state index contributed by atoms with van der Waals surface area (Å²) in [5, 5.41) is 20.1. The topological polar surface area (TPSA) is 308 Å². The van der Waals surface area contributed by atoms with Gasteiger partial charge in [-0.25, -0.2) is 18.3 Å². The van der Waals surface area contributed by atoms with Gasteiger partial charge < -0.3 is 49.4 Å². The summed E-state index contributed by atoms with van der Waals surface area (Å²) in [6.07, 6.45) is -15.9. The highest BCUT2D eigenvalue weighted by Crippen LogP contribution is 2.52. The van der Waals surface area contributed by atoms with Crippen LogP contribution in [0.4, 0.5) is 0 Å². The summed E-state index contributed by atoms with van der Waals surface area (Å²) in [4.78, 5) is 71.0. The third-order valence-electron chi connectivity index (χ3n) is 3.03. The van der Waals surface area contributed by atoms with Gasteiger partial charge in [-0.3, -0.25) is 18.1 Å². The summed E-state index contributed by atoms with van der Waals surface area (Å²) < 4.78 is 60.5. The van der Waals surface area contributed by atoms with Gasteiger partial charge >= 0.3 is 31.3 Å². The lowest BCUT2D eigenvalue weighted by molar-refractivity contribution is -0.208. The van der Waals surface area contributed by atoms with Crippen molar-refractivity contribution in [1.82, 2.24) is 0 Å². The smallest absolute Gasteiger partial charge is 0.387 e. The van der Waals surface area contributed by atoms with Gasteiger partial charge in [0.1, 0.15) is 36.6 Å². The van der Waals surface area contributed by atoms with Crippen LogP contribution in [0.25, 0.3) is 0 Å². The van der Waals surface area contributed by atoms with Gasteiger partial charge in [0.05, 0.1) is 0 Å². The minimum absolute atomic E-state index is 2.56. The molecule has 0 saturated heterocycles. The van der Waals surface area contributed by atoms with Gasteiger partial charge in [-0.05, 0) is 0 Å². The van der Waals surface area contributed by atoms with E-state index in [1.54, 1.807) is 0 Å². The normalized spacial score (nSPS) is 33.1. The van der Waals surface area contributed by atoms with Gasteiger partial charge in [0.15, 0.2) is 0 Å². The minimum atomic E-state index is -5.64. The molecule has 0 amide bonds. The molecule has 22 heteroatoms. The van der Waals surface area contributed by atoms with Gasteiger partial charge in [-0.1, -0.05) is 0 Å². The van der Waals surface area contributed by atoms with E-state index in [1.165, 1.54) is 0 Å². The molecule has 1 rings (SSSR count). The van der Waals surface area contributed by atoms with Crippen molar-refractivity contribution in [3.05, 3.63) is 0 Å². The van der Waals surface area contributed by atoms with Crippen LogP contribution in [0.15, 0.2) is 0 Å². The van der Waals surface area contributed by atoms with E-state index in [2.05, 4.69) is 18.1 Å². The Kier molecular flexibility index (Phi) is 8.34. The molecule has 0 aliphatic heterocycles. The van der Waals surface area contributed by atoms with Crippen molar-refractivity contribution < 1.29 is 85.7 Å². The molecule has 0 spiro atoms. The van der Waals surface area contributed by atoms with Crippen LogP contribution >= 0.6 is 31.3 Å². The predicted octanol–water partition coefficient (Wildman–Crippen LogP) is -3.37. The summed E-state index contributed by atoms with van der Waals surface area (Å²) in [7, 11) is -22.4. The van der Waals surface area contributed by atoms with E-state index in [0.29, 0.717) is 0 Å². The van der Waals surface area contributed by atoms with Crippen molar-refractivity contribution in [3.63, 3.8) is 0 Å². The molecule has 0 aromatic heterocycles. The van der Waals surface area contributed by atoms with Crippen LogP contribution in [0.5, 0.6) is 0 Å². The fraction of sp³-hybridized carbons (Fsp3) is 1.00. The Labute approximate surface area is 154 Å². The van der Waals surface area contributed by atoms with Crippen molar-refractivity contribution in [2.45, 2.75) is 36.6 Å². The highest BCUT2D eigenvalue weighted by Gasteiger charge is 2.58. The maximum absolute atomic E-state index is 11.1. The molecule has 1 fully saturated rings. The number of rotatable bonds is 8. The number of aliphatic hydroxyl groups excluding tert-OH is 2. The number of hydrogen-bond donors (Lipinski definition) is 10. The van der Waals surface area contributed by atoms with Crippen LogP contribution in [-0.2, 0) is 36.4 Å². The van der Waals surface area contributed by atoms with Gasteiger partial charge in [0.25, 0.3) is 0 Å². The highest BCUT2D eigenvalue weighted by atomic mass is 31.2. The fourth-order valence-corrected chi connectivity index (χ4v) is 4.52. The Morgan fingerprint density at radius 2 is 0.643 bits per heavy atom. The minimum Gasteiger partial charge on any atom is -0.387 e. The molecule has 1 aliphatic rings. The standard InChI is InChI=1S/C6H16O18P4/c7-1-3(21-25(9,10)11)2(8)5(23-27(15,16)17)6(24-28(18,19)20)4(1)22-26(12,13)14/h1-8H,(H2,9,10,11)(H2,12,13,14)(H2,15,16,17)(H2,18,19,20)/t1?,2?,3?,4-,5?,6?/m0/s1. The summed E-state index contributed by atoms with van der Waals surface area (Å²) in [5.41, 5.74) is 0. The molecule has 28 heavy (non-hydrogen) atoms. The molecule has 6 atom stereocenters. The first-order valence-corrected chi connectivity index (χ1v) is 12.6. The molecular formula is C6H16O18P4. The van der Waals surface area contributed by atoms with Gasteiger partial charge in [-0.2, -0.15) is 0 Å². The third-order valence-corrected chi connectivity index (χ3v) is 5.10. The third kappa shape index (κ3) is 8.62. The molecule has 0 heterocycles. The van der Waals surface area contributed by atoms with Crippen LogP contribution in [0.2, 0.25) is 0 Å². The number of aliphatic hydroxyl groups is 2. The Morgan fingerprint density at radius 1 is 0.429 bits per heavy atom. The molecule has 0 aromatic rings. The Bertz CT molecular complexity index is 688. The first kappa shape index (κ1) is 26.4. The summed E-state index contributed by atoms with van der Waals surface area (Å²) in [5.74, 6) is 0. The molecule has 10 N–H and O–H groups in total. The molecular weight excluding hydrogens is 484 g/mol. The Morgan fingerprint density at radius 3 is 0.893 bits per heavy atom. The monoisotopic (exact) mass is 500 g/mol. The highest BCUT2D eigenvalue weighted by molar-refractivity contribution is 7.47. The number of phosphoric ester groups is 4. The van der Waals surface area contributed by atoms with E-state index in [0.717, 1.165) is 0 Å². The zero-order valence-electron chi connectivity index (χ0n) is 13.0. The van der Waals surface area contributed by atoms with E-state index >= 15 is 0 Å². The van der Waals surface area contributed by atoms with E-state index in [4.69, 9.17) is 39.1 Å². The average Bonchev–Trinajstić information content (AvgIpc) is 2.39. The van der Waals surface area contributed by atoms with Crippen molar-refractivity contribution in [1.29, 1.82) is 0 Å². The summed E-state index contributed by atoms with van der Waals surface area (Å²) >= 11 is 0. The van der Waals surface area contributed by atoms with Crippen LogP contribution in [0.1, 0.15) is 0 Å². The quantitative estimate of drug-likeness (QED) is 0.145. The molecule has 168 valence electrons. The van der Waals surface area contributed by atoms with Crippen molar-refractivity contribution in [2.75, 3.05) is 0 Å². The Balaban J connectivity index is 3.50. The van der Waals surface area contributed by atoms with Crippen molar-refractivity contribution in [3.8, 4) is 0 Å². The predicted molar refractivity (Wildman–Crippen MR) is 79.7 cm³/mol. The first-order valence-electron chi connectivity index (χ1n) is 6.52. The van der Waals surface area contributed by atoms with Crippen LogP contribution in [-0.4, -0.2) is 86.0 Å². The maximum Gasteiger partial charge on any atom is 0.470 e. The SMILES string of the molecule is O=P(O)(O)OC1C(O)C(OP(=O)(O)O)C(OP(=O)(O)O)[C@@H](OP(=O)(O)O)C1O. The number of phosphoric acid groups is 4. The van der Waals surface area contributed by atoms with E-state index < -0.39 is 67.9 Å². The van der Waals surface area contributed by atoms with Crippen LogP contribution < -0.4 is 0 Å². The zero-order valence-corrected chi connectivity index (χ0v) is 16.6. The summed E-state index contributed by atoms with van der Waals surface area (Å²) in [6.45, 7) is 0. The lowest BCUT2D eigenvalue weighted by Gasteiger charge is -2.45. The van der Waals surface area contributed by atoms with E-state index in [9.17, 15) is 28.5 Å². The fourth-order valence-electron chi connectivity index (χ4n) is 2.28. The van der Waals surface area contributed by atoms with Crippen molar-refractivity contribution >= 4 is 31.3 Å². The molecule has 0 aromatic carbocycles. The zero-order chi connectivity index (χ0) is 22.3. The second kappa shape index (κ2) is 8.85. The van der Waals surface area contributed by atoms with Crippen LogP contribution in [0.3, 0.4) is 0 Å². The lowest BCUT2D eigenvalue weighted by Crippen LogP contribution is -2.65. The van der Waals surface area contributed by atoms with Crippen LogP contribution in [0, 0.1) is 0 Å².